The Morgan fingerprint density at radius 3 is 2.80 bits per heavy atom. The summed E-state index contributed by atoms with van der Waals surface area (Å²) in [4.78, 5) is 8.32. The Balaban J connectivity index is 2.28. The summed E-state index contributed by atoms with van der Waals surface area (Å²) in [5.74, 6) is 0. The van der Waals surface area contributed by atoms with Gasteiger partial charge in [-0.25, -0.2) is 4.98 Å². The van der Waals surface area contributed by atoms with Crippen molar-refractivity contribution < 1.29 is 5.11 Å². The molecule has 0 radical (unpaired) electrons. The summed E-state index contributed by atoms with van der Waals surface area (Å²) in [6, 6.07) is 3.74. The monoisotopic (exact) mass is 284 g/mol. The van der Waals surface area contributed by atoms with Crippen molar-refractivity contribution in [1.29, 1.82) is 0 Å². The van der Waals surface area contributed by atoms with Gasteiger partial charge in [-0.15, -0.1) is 11.3 Å². The summed E-state index contributed by atoms with van der Waals surface area (Å²) in [6.45, 7) is 1.96. The van der Waals surface area contributed by atoms with Crippen LogP contribution in [0, 0.1) is 6.92 Å². The fourth-order valence-corrected chi connectivity index (χ4v) is 2.42. The summed E-state index contributed by atoms with van der Waals surface area (Å²) in [5, 5.41) is 12.5. The van der Waals surface area contributed by atoms with Gasteiger partial charge < -0.3 is 5.11 Å². The Morgan fingerprint density at radius 2 is 2.27 bits per heavy atom. The molecule has 15 heavy (non-hydrogen) atoms. The van der Waals surface area contributed by atoms with Crippen LogP contribution >= 0.6 is 27.3 Å². The molecule has 1 atom stereocenters. The molecule has 3 nitrogen and oxygen atoms in total. The Hall–Kier alpha value is -0.780. The first-order valence-corrected chi connectivity index (χ1v) is 6.05. The number of aliphatic hydroxyl groups is 1. The lowest BCUT2D eigenvalue weighted by atomic mass is 10.2. The first-order valence-electron chi connectivity index (χ1n) is 4.38. The van der Waals surface area contributed by atoms with Gasteiger partial charge in [-0.3, -0.25) is 4.98 Å². The Morgan fingerprint density at radius 1 is 1.47 bits per heavy atom. The molecular weight excluding hydrogens is 276 g/mol. The van der Waals surface area contributed by atoms with Crippen LogP contribution in [0.15, 0.2) is 28.3 Å². The number of aliphatic hydroxyl groups excluding tert-OH is 1. The third kappa shape index (κ3) is 2.42. The highest BCUT2D eigenvalue weighted by atomic mass is 79.9. The predicted octanol–water partition coefficient (Wildman–Crippen LogP) is 2.69. The first kappa shape index (κ1) is 10.7. The molecule has 2 aromatic heterocycles. The van der Waals surface area contributed by atoms with Gasteiger partial charge in [0.2, 0.25) is 0 Å². The molecule has 5 heteroatoms. The van der Waals surface area contributed by atoms with E-state index in [4.69, 9.17) is 0 Å². The number of nitrogens with zero attached hydrogens (tertiary/aromatic N) is 2. The molecule has 0 amide bonds. The van der Waals surface area contributed by atoms with Gasteiger partial charge in [-0.05, 0) is 34.5 Å². The maximum Gasteiger partial charge on any atom is 0.147 e. The number of thiazole rings is 1. The van der Waals surface area contributed by atoms with Crippen molar-refractivity contribution in [1.82, 2.24) is 9.97 Å². The van der Waals surface area contributed by atoms with Crippen molar-refractivity contribution in [3.8, 4) is 0 Å². The second kappa shape index (κ2) is 4.38. The minimum atomic E-state index is -0.734. The highest BCUT2D eigenvalue weighted by molar-refractivity contribution is 9.10. The zero-order valence-electron chi connectivity index (χ0n) is 8.01. The zero-order chi connectivity index (χ0) is 10.8. The SMILES string of the molecule is Cc1ccc(C(O)c2nc(Br)cs2)nc1. The molecule has 0 bridgehead atoms. The molecule has 2 heterocycles. The van der Waals surface area contributed by atoms with Gasteiger partial charge in [0.25, 0.3) is 0 Å². The number of rotatable bonds is 2. The van der Waals surface area contributed by atoms with Crippen LogP contribution in [0.2, 0.25) is 0 Å². The largest absolute Gasteiger partial charge is 0.380 e. The maximum atomic E-state index is 9.96. The van der Waals surface area contributed by atoms with Gasteiger partial charge in [0.15, 0.2) is 0 Å². The van der Waals surface area contributed by atoms with Crippen LogP contribution in [0.25, 0.3) is 0 Å². The van der Waals surface area contributed by atoms with E-state index in [1.165, 1.54) is 11.3 Å². The summed E-state index contributed by atoms with van der Waals surface area (Å²) >= 11 is 4.66. The summed E-state index contributed by atoms with van der Waals surface area (Å²) in [7, 11) is 0. The Bertz CT molecular complexity index is 455. The fourth-order valence-electron chi connectivity index (χ4n) is 1.16. The van der Waals surface area contributed by atoms with Crippen LogP contribution in [0.3, 0.4) is 0 Å². The standard InChI is InChI=1S/C10H9BrN2OS/c1-6-2-3-7(12-4-6)9(14)10-13-8(11)5-15-10/h2-5,9,14H,1H3. The van der Waals surface area contributed by atoms with Gasteiger partial charge >= 0.3 is 0 Å². The molecule has 1 unspecified atom stereocenters. The van der Waals surface area contributed by atoms with E-state index in [1.54, 1.807) is 6.20 Å². The molecule has 2 rings (SSSR count). The number of aromatic nitrogens is 2. The second-order valence-corrected chi connectivity index (χ2v) is 4.87. The van der Waals surface area contributed by atoms with E-state index in [-0.39, 0.29) is 0 Å². The van der Waals surface area contributed by atoms with Crippen LogP contribution in [0.1, 0.15) is 22.4 Å². The summed E-state index contributed by atoms with van der Waals surface area (Å²) in [6.07, 6.45) is 1.00. The fraction of sp³-hybridized carbons (Fsp3) is 0.200. The van der Waals surface area contributed by atoms with Crippen LogP contribution in [-0.4, -0.2) is 15.1 Å². The van der Waals surface area contributed by atoms with E-state index in [2.05, 4.69) is 25.9 Å². The molecule has 0 aromatic carbocycles. The minimum absolute atomic E-state index is 0.627. The molecule has 2 aromatic rings. The summed E-state index contributed by atoms with van der Waals surface area (Å²) < 4.78 is 0.744. The molecule has 0 saturated heterocycles. The average molecular weight is 285 g/mol. The molecule has 0 spiro atoms. The third-order valence-corrected chi connectivity index (χ3v) is 3.55. The van der Waals surface area contributed by atoms with Crippen LogP contribution < -0.4 is 0 Å². The van der Waals surface area contributed by atoms with Crippen LogP contribution in [0.4, 0.5) is 0 Å². The smallest absolute Gasteiger partial charge is 0.147 e. The normalized spacial score (nSPS) is 12.7. The van der Waals surface area contributed by atoms with E-state index in [1.807, 2.05) is 24.4 Å². The number of halogens is 1. The van der Waals surface area contributed by atoms with E-state index < -0.39 is 6.10 Å². The lowest BCUT2D eigenvalue weighted by molar-refractivity contribution is 0.214. The highest BCUT2D eigenvalue weighted by Gasteiger charge is 2.15. The Labute approximate surface area is 100.0 Å². The van der Waals surface area contributed by atoms with Crippen molar-refractivity contribution in [2.75, 3.05) is 0 Å². The Kier molecular flexibility index (Phi) is 3.14. The van der Waals surface area contributed by atoms with Crippen LogP contribution in [-0.2, 0) is 0 Å². The predicted molar refractivity (Wildman–Crippen MR) is 62.8 cm³/mol. The van der Waals surface area contributed by atoms with E-state index >= 15 is 0 Å². The average Bonchev–Trinajstić information content (AvgIpc) is 2.65. The summed E-state index contributed by atoms with van der Waals surface area (Å²) in [5.41, 5.74) is 1.70. The van der Waals surface area contributed by atoms with Gasteiger partial charge in [0.1, 0.15) is 15.7 Å². The third-order valence-electron chi connectivity index (χ3n) is 1.94. The van der Waals surface area contributed by atoms with Crippen LogP contribution in [0.5, 0.6) is 0 Å². The van der Waals surface area contributed by atoms with Gasteiger partial charge in [-0.1, -0.05) is 6.07 Å². The van der Waals surface area contributed by atoms with Crippen molar-refractivity contribution in [3.63, 3.8) is 0 Å². The van der Waals surface area contributed by atoms with Gasteiger partial charge in [0.05, 0.1) is 5.69 Å². The molecular formula is C10H9BrN2OS. The molecule has 0 aliphatic carbocycles. The zero-order valence-corrected chi connectivity index (χ0v) is 10.4. The molecule has 0 aliphatic heterocycles. The number of pyridine rings is 1. The van der Waals surface area contributed by atoms with Crippen molar-refractivity contribution in [3.05, 3.63) is 44.6 Å². The molecule has 0 fully saturated rings. The number of aryl methyl sites for hydroxylation is 1. The lowest BCUT2D eigenvalue weighted by Gasteiger charge is -2.06. The minimum Gasteiger partial charge on any atom is -0.380 e. The molecule has 78 valence electrons. The van der Waals surface area contributed by atoms with E-state index in [0.29, 0.717) is 10.7 Å². The van der Waals surface area contributed by atoms with Crippen molar-refractivity contribution in [2.45, 2.75) is 13.0 Å². The number of hydrogen-bond donors (Lipinski definition) is 1. The van der Waals surface area contributed by atoms with E-state index in [9.17, 15) is 5.11 Å². The topological polar surface area (TPSA) is 46.0 Å². The second-order valence-electron chi connectivity index (χ2n) is 3.17. The van der Waals surface area contributed by atoms with Crippen molar-refractivity contribution in [2.24, 2.45) is 0 Å². The maximum absolute atomic E-state index is 9.96. The first-order chi connectivity index (χ1) is 7.16. The quantitative estimate of drug-likeness (QED) is 0.922. The molecule has 1 N–H and O–H groups in total. The highest BCUT2D eigenvalue weighted by Crippen LogP contribution is 2.25. The van der Waals surface area contributed by atoms with Gasteiger partial charge in [-0.2, -0.15) is 0 Å². The van der Waals surface area contributed by atoms with Gasteiger partial charge in [0, 0.05) is 11.6 Å². The molecule has 0 saturated carbocycles. The molecule has 0 aliphatic rings. The van der Waals surface area contributed by atoms with E-state index in [0.717, 1.165) is 10.2 Å². The van der Waals surface area contributed by atoms with Crippen molar-refractivity contribution >= 4 is 27.3 Å². The number of hydrogen-bond acceptors (Lipinski definition) is 4. The lowest BCUT2D eigenvalue weighted by Crippen LogP contribution is -2.01.